The van der Waals surface area contributed by atoms with Gasteiger partial charge in [0.05, 0.1) is 6.42 Å². The Morgan fingerprint density at radius 1 is 1.07 bits per heavy atom. The van der Waals surface area contributed by atoms with E-state index in [1.807, 2.05) is 15.9 Å². The first-order valence-electron chi connectivity index (χ1n) is 10.4. The minimum Gasteiger partial charge on any atom is -0.382 e. The van der Waals surface area contributed by atoms with Gasteiger partial charge in [-0.2, -0.15) is 13.2 Å². The molecule has 1 aromatic carbocycles. The summed E-state index contributed by atoms with van der Waals surface area (Å²) in [5.41, 5.74) is 3.32. The molecule has 1 saturated carbocycles. The topological polar surface area (TPSA) is 35.6 Å². The molecule has 1 aromatic rings. The summed E-state index contributed by atoms with van der Waals surface area (Å²) in [6.07, 6.45) is 0.684. The number of carbonyl (C=O) groups excluding carboxylic acids is 1. The van der Waals surface area contributed by atoms with Gasteiger partial charge < -0.3 is 15.1 Å². The largest absolute Gasteiger partial charge is 0.390 e. The number of anilines is 2. The lowest BCUT2D eigenvalue weighted by Gasteiger charge is -2.34. The highest BCUT2D eigenvalue weighted by atomic mass is 19.4. The number of rotatable bonds is 6. The predicted octanol–water partition coefficient (Wildman–Crippen LogP) is 4.20. The SMILES string of the molecule is O=C1CCc2cc(NC3CCN(CCC(F)(F)F)CC3)ccc2N1CC1CC1. The number of benzene rings is 1. The monoisotopic (exact) mass is 395 g/mol. The first-order chi connectivity index (χ1) is 13.4. The minimum atomic E-state index is -4.08. The molecule has 0 aromatic heterocycles. The summed E-state index contributed by atoms with van der Waals surface area (Å²) >= 11 is 0. The van der Waals surface area contributed by atoms with Crippen LogP contribution in [0.15, 0.2) is 18.2 Å². The molecule has 4 rings (SSSR count). The Labute approximate surface area is 164 Å². The zero-order chi connectivity index (χ0) is 19.7. The molecular weight excluding hydrogens is 367 g/mol. The number of hydrogen-bond donors (Lipinski definition) is 1. The molecule has 0 bridgehead atoms. The number of fused-ring (bicyclic) bond motifs is 1. The average molecular weight is 395 g/mol. The van der Waals surface area contributed by atoms with Crippen molar-refractivity contribution in [2.24, 2.45) is 5.92 Å². The third-order valence-corrected chi connectivity index (χ3v) is 6.09. The van der Waals surface area contributed by atoms with Crippen LogP contribution in [0.25, 0.3) is 0 Å². The van der Waals surface area contributed by atoms with E-state index in [1.165, 1.54) is 18.4 Å². The van der Waals surface area contributed by atoms with E-state index in [4.69, 9.17) is 0 Å². The molecular formula is C21H28F3N3O. The highest BCUT2D eigenvalue weighted by molar-refractivity contribution is 5.96. The van der Waals surface area contributed by atoms with E-state index in [-0.39, 0.29) is 18.5 Å². The van der Waals surface area contributed by atoms with Crippen LogP contribution in [-0.4, -0.2) is 49.2 Å². The van der Waals surface area contributed by atoms with Gasteiger partial charge in [-0.15, -0.1) is 0 Å². The van der Waals surface area contributed by atoms with Gasteiger partial charge in [-0.1, -0.05) is 0 Å². The van der Waals surface area contributed by atoms with Crippen molar-refractivity contribution in [1.82, 2.24) is 4.90 Å². The summed E-state index contributed by atoms with van der Waals surface area (Å²) in [6, 6.07) is 6.52. The van der Waals surface area contributed by atoms with Gasteiger partial charge in [0.1, 0.15) is 0 Å². The number of halogens is 3. The van der Waals surface area contributed by atoms with Crippen LogP contribution in [0.1, 0.15) is 44.1 Å². The Bertz CT molecular complexity index is 709. The van der Waals surface area contributed by atoms with Crippen molar-refractivity contribution in [3.63, 3.8) is 0 Å². The van der Waals surface area contributed by atoms with E-state index in [9.17, 15) is 18.0 Å². The molecule has 7 heteroatoms. The molecule has 1 aliphatic carbocycles. The van der Waals surface area contributed by atoms with Crippen LogP contribution in [0.5, 0.6) is 0 Å². The fourth-order valence-corrected chi connectivity index (χ4v) is 4.23. The zero-order valence-electron chi connectivity index (χ0n) is 16.1. The van der Waals surface area contributed by atoms with Crippen LogP contribution in [0.3, 0.4) is 0 Å². The van der Waals surface area contributed by atoms with Gasteiger partial charge in [0.15, 0.2) is 0 Å². The number of nitrogens with zero attached hydrogens (tertiary/aromatic N) is 2. The van der Waals surface area contributed by atoms with Crippen molar-refractivity contribution in [3.8, 4) is 0 Å². The highest BCUT2D eigenvalue weighted by Crippen LogP contribution is 2.36. The third-order valence-electron chi connectivity index (χ3n) is 6.09. The number of aryl methyl sites for hydroxylation is 1. The maximum atomic E-state index is 12.4. The van der Waals surface area contributed by atoms with Gasteiger partial charge in [-0.25, -0.2) is 0 Å². The Hall–Kier alpha value is -1.76. The molecule has 154 valence electrons. The quantitative estimate of drug-likeness (QED) is 0.784. The molecule has 1 amide bonds. The van der Waals surface area contributed by atoms with E-state index in [0.717, 1.165) is 37.2 Å². The maximum absolute atomic E-state index is 12.4. The van der Waals surface area contributed by atoms with Crippen LogP contribution < -0.4 is 10.2 Å². The van der Waals surface area contributed by atoms with Crippen molar-refractivity contribution in [1.29, 1.82) is 0 Å². The lowest BCUT2D eigenvalue weighted by atomic mass is 9.99. The van der Waals surface area contributed by atoms with E-state index < -0.39 is 12.6 Å². The van der Waals surface area contributed by atoms with Crippen molar-refractivity contribution < 1.29 is 18.0 Å². The number of carbonyl (C=O) groups is 1. The van der Waals surface area contributed by atoms with E-state index in [1.54, 1.807) is 0 Å². The van der Waals surface area contributed by atoms with Crippen molar-refractivity contribution in [3.05, 3.63) is 23.8 Å². The fraction of sp³-hybridized carbons (Fsp3) is 0.667. The third kappa shape index (κ3) is 4.99. The van der Waals surface area contributed by atoms with Crippen LogP contribution in [0, 0.1) is 5.92 Å². The van der Waals surface area contributed by atoms with Gasteiger partial charge >= 0.3 is 6.18 Å². The smallest absolute Gasteiger partial charge is 0.382 e. The lowest BCUT2D eigenvalue weighted by Crippen LogP contribution is -2.40. The van der Waals surface area contributed by atoms with Crippen LogP contribution >= 0.6 is 0 Å². The van der Waals surface area contributed by atoms with Crippen LogP contribution in [0.4, 0.5) is 24.5 Å². The Morgan fingerprint density at radius 2 is 1.82 bits per heavy atom. The van der Waals surface area contributed by atoms with Crippen molar-refractivity contribution in [2.75, 3.05) is 36.4 Å². The molecule has 0 atom stereocenters. The first-order valence-corrected chi connectivity index (χ1v) is 10.4. The van der Waals surface area contributed by atoms with Crippen molar-refractivity contribution >= 4 is 17.3 Å². The van der Waals surface area contributed by atoms with Gasteiger partial charge in [0, 0.05) is 50.0 Å². The van der Waals surface area contributed by atoms with E-state index >= 15 is 0 Å². The van der Waals surface area contributed by atoms with Gasteiger partial charge in [-0.3, -0.25) is 4.79 Å². The number of alkyl halides is 3. The zero-order valence-corrected chi connectivity index (χ0v) is 16.1. The summed E-state index contributed by atoms with van der Waals surface area (Å²) in [5, 5.41) is 3.55. The number of nitrogens with one attached hydrogen (secondary N) is 1. The molecule has 0 unspecified atom stereocenters. The standard InChI is InChI=1S/C21H28F3N3O/c22-21(23,24)9-12-26-10-7-17(8-11-26)25-18-4-5-19-16(13-18)3-6-20(28)27(19)14-15-1-2-15/h4-5,13,15,17,25H,1-3,6-12,14H2. The lowest BCUT2D eigenvalue weighted by molar-refractivity contribution is -0.138. The summed E-state index contributed by atoms with van der Waals surface area (Å²) in [5.74, 6) is 0.890. The summed E-state index contributed by atoms with van der Waals surface area (Å²) in [7, 11) is 0. The Kier molecular flexibility index (Phi) is 5.54. The number of likely N-dealkylation sites (tertiary alicyclic amines) is 1. The Morgan fingerprint density at radius 3 is 2.50 bits per heavy atom. The summed E-state index contributed by atoms with van der Waals surface area (Å²) in [6.45, 7) is 2.33. The van der Waals surface area contributed by atoms with E-state index in [0.29, 0.717) is 25.4 Å². The molecule has 4 nitrogen and oxygen atoms in total. The van der Waals surface area contributed by atoms with Crippen LogP contribution in [0.2, 0.25) is 0 Å². The second-order valence-electron chi connectivity index (χ2n) is 8.42. The molecule has 2 fully saturated rings. The summed E-state index contributed by atoms with van der Waals surface area (Å²) < 4.78 is 37.1. The highest BCUT2D eigenvalue weighted by Gasteiger charge is 2.31. The molecule has 1 saturated heterocycles. The first kappa shape index (κ1) is 19.6. The normalized spacial score (nSPS) is 21.7. The molecule has 0 spiro atoms. The molecule has 2 heterocycles. The second kappa shape index (κ2) is 7.93. The number of amides is 1. The molecule has 0 radical (unpaired) electrons. The average Bonchev–Trinajstić information content (AvgIpc) is 3.47. The van der Waals surface area contributed by atoms with E-state index in [2.05, 4.69) is 17.4 Å². The molecule has 3 aliphatic rings. The maximum Gasteiger partial charge on any atom is 0.390 e. The minimum absolute atomic E-state index is 0.0971. The van der Waals surface area contributed by atoms with Crippen molar-refractivity contribution in [2.45, 2.75) is 57.2 Å². The number of piperidine rings is 1. The summed E-state index contributed by atoms with van der Waals surface area (Å²) in [4.78, 5) is 16.2. The van der Waals surface area contributed by atoms with Gasteiger partial charge in [0.25, 0.3) is 0 Å². The second-order valence-corrected chi connectivity index (χ2v) is 8.42. The fourth-order valence-electron chi connectivity index (χ4n) is 4.23. The van der Waals surface area contributed by atoms with Crippen LogP contribution in [-0.2, 0) is 11.2 Å². The van der Waals surface area contributed by atoms with Gasteiger partial charge in [-0.05, 0) is 61.8 Å². The van der Waals surface area contributed by atoms with Gasteiger partial charge in [0.2, 0.25) is 5.91 Å². The molecule has 2 aliphatic heterocycles. The number of hydrogen-bond acceptors (Lipinski definition) is 3. The molecule has 28 heavy (non-hydrogen) atoms. The Balaban J connectivity index is 1.32. The molecule has 1 N–H and O–H groups in total. The predicted molar refractivity (Wildman–Crippen MR) is 104 cm³/mol.